The Morgan fingerprint density at radius 2 is 1.97 bits per heavy atom. The molecule has 1 saturated carbocycles. The minimum Gasteiger partial charge on any atom is -0.359 e. The van der Waals surface area contributed by atoms with Crippen molar-refractivity contribution in [2.45, 2.75) is 77.3 Å². The van der Waals surface area contributed by atoms with Crippen LogP contribution in [-0.2, 0) is 11.2 Å². The fourth-order valence-corrected chi connectivity index (χ4v) is 5.35. The molecule has 168 valence electrons. The molecule has 32 heavy (non-hydrogen) atoms. The van der Waals surface area contributed by atoms with Crippen LogP contribution in [0.4, 0.5) is 0 Å². The van der Waals surface area contributed by atoms with E-state index in [-0.39, 0.29) is 5.91 Å². The summed E-state index contributed by atoms with van der Waals surface area (Å²) in [4.78, 5) is 18.8. The van der Waals surface area contributed by atoms with Gasteiger partial charge in [-0.3, -0.25) is 9.69 Å². The Morgan fingerprint density at radius 3 is 2.66 bits per heavy atom. The van der Waals surface area contributed by atoms with Crippen LogP contribution < -0.4 is 5.43 Å². The zero-order chi connectivity index (χ0) is 22.2. The van der Waals surface area contributed by atoms with Crippen molar-refractivity contribution in [3.8, 4) is 0 Å². The first-order chi connectivity index (χ1) is 15.5. The molecule has 0 bridgehead atoms. The van der Waals surface area contributed by atoms with Gasteiger partial charge >= 0.3 is 0 Å². The average Bonchev–Trinajstić information content (AvgIpc) is 3.40. The van der Waals surface area contributed by atoms with Crippen molar-refractivity contribution in [2.24, 2.45) is 5.10 Å². The van der Waals surface area contributed by atoms with E-state index in [4.69, 9.17) is 0 Å². The third kappa shape index (κ3) is 4.01. The van der Waals surface area contributed by atoms with Crippen molar-refractivity contribution in [1.82, 2.24) is 25.5 Å². The SMILES string of the molecule is Cc1[nH]c(C=C2C(=O)NN=C2c2cccnn2)c(C2CC2)c1CCCN1C(C)CCC1C. The van der Waals surface area contributed by atoms with E-state index in [1.807, 2.05) is 12.1 Å². The maximum absolute atomic E-state index is 12.6. The van der Waals surface area contributed by atoms with Crippen molar-refractivity contribution < 1.29 is 4.79 Å². The van der Waals surface area contributed by atoms with Crippen LogP contribution in [-0.4, -0.2) is 50.3 Å². The number of nitrogens with zero attached hydrogens (tertiary/aromatic N) is 4. The lowest BCUT2D eigenvalue weighted by Crippen LogP contribution is -2.33. The molecule has 1 amide bonds. The number of carbonyl (C=O) groups excluding carboxylic acids is 1. The molecule has 4 heterocycles. The number of nitrogens with one attached hydrogen (secondary N) is 2. The number of aromatic nitrogens is 3. The lowest BCUT2D eigenvalue weighted by atomic mass is 9.97. The van der Waals surface area contributed by atoms with Crippen LogP contribution in [0, 0.1) is 6.92 Å². The average molecular weight is 433 g/mol. The van der Waals surface area contributed by atoms with Gasteiger partial charge in [-0.2, -0.15) is 10.2 Å². The monoisotopic (exact) mass is 432 g/mol. The Hall–Kier alpha value is -2.80. The number of hydrazone groups is 1. The third-order valence-electron chi connectivity index (χ3n) is 7.23. The van der Waals surface area contributed by atoms with Gasteiger partial charge in [0.15, 0.2) is 0 Å². The highest BCUT2D eigenvalue weighted by Crippen LogP contribution is 2.45. The van der Waals surface area contributed by atoms with E-state index in [1.165, 1.54) is 42.5 Å². The highest BCUT2D eigenvalue weighted by atomic mass is 16.2. The standard InChI is InChI=1S/C25H32N6O/c1-15-8-9-16(2)31(15)13-5-6-19-17(3)27-22(23(19)18-10-11-18)14-20-24(29-30-25(20)32)21-7-4-12-26-28-21/h4,7,12,14-16,18,27H,5-6,8-11,13H2,1-3H3,(H,30,32). The number of likely N-dealkylation sites (tertiary alicyclic amines) is 1. The van der Waals surface area contributed by atoms with Crippen LogP contribution >= 0.6 is 0 Å². The minimum atomic E-state index is -0.196. The predicted molar refractivity (Wildman–Crippen MR) is 125 cm³/mol. The highest BCUT2D eigenvalue weighted by molar-refractivity contribution is 6.32. The molecule has 1 saturated heterocycles. The molecule has 2 atom stereocenters. The summed E-state index contributed by atoms with van der Waals surface area (Å²) in [5.41, 5.74) is 9.39. The predicted octanol–water partition coefficient (Wildman–Crippen LogP) is 3.71. The number of H-pyrrole nitrogens is 1. The number of hydrogen-bond donors (Lipinski definition) is 2. The molecule has 2 N–H and O–H groups in total. The fourth-order valence-electron chi connectivity index (χ4n) is 5.35. The van der Waals surface area contributed by atoms with Crippen molar-refractivity contribution in [3.63, 3.8) is 0 Å². The molecule has 3 aliphatic rings. The summed E-state index contributed by atoms with van der Waals surface area (Å²) < 4.78 is 0. The van der Waals surface area contributed by atoms with Gasteiger partial charge in [0.05, 0.1) is 5.57 Å². The molecule has 7 heteroatoms. The maximum atomic E-state index is 12.6. The summed E-state index contributed by atoms with van der Waals surface area (Å²) >= 11 is 0. The van der Waals surface area contributed by atoms with Gasteiger partial charge in [-0.05, 0) is 101 Å². The molecule has 2 aromatic heterocycles. The first-order valence-corrected chi connectivity index (χ1v) is 11.9. The number of carbonyl (C=O) groups is 1. The van der Waals surface area contributed by atoms with E-state index in [1.54, 1.807) is 12.3 Å². The van der Waals surface area contributed by atoms with Gasteiger partial charge in [0, 0.05) is 29.7 Å². The van der Waals surface area contributed by atoms with Gasteiger partial charge < -0.3 is 4.98 Å². The van der Waals surface area contributed by atoms with Gasteiger partial charge in [0.2, 0.25) is 0 Å². The first-order valence-electron chi connectivity index (χ1n) is 11.9. The van der Waals surface area contributed by atoms with E-state index >= 15 is 0 Å². The summed E-state index contributed by atoms with van der Waals surface area (Å²) in [5, 5.41) is 12.3. The van der Waals surface area contributed by atoms with Crippen LogP contribution in [0.3, 0.4) is 0 Å². The largest absolute Gasteiger partial charge is 0.359 e. The van der Waals surface area contributed by atoms with Crippen LogP contribution in [0.1, 0.15) is 80.1 Å². The van der Waals surface area contributed by atoms with Crippen LogP contribution in [0.5, 0.6) is 0 Å². The molecule has 5 rings (SSSR count). The second-order valence-electron chi connectivity index (χ2n) is 9.52. The van der Waals surface area contributed by atoms with E-state index < -0.39 is 0 Å². The second-order valence-corrected chi connectivity index (χ2v) is 9.52. The summed E-state index contributed by atoms with van der Waals surface area (Å²) in [6.45, 7) is 8.03. The Bertz CT molecular complexity index is 1060. The Labute approximate surface area is 189 Å². The lowest BCUT2D eigenvalue weighted by molar-refractivity contribution is -0.116. The summed E-state index contributed by atoms with van der Waals surface area (Å²) in [6, 6.07) is 5.02. The van der Waals surface area contributed by atoms with Gasteiger partial charge in [0.1, 0.15) is 11.4 Å². The van der Waals surface area contributed by atoms with Crippen LogP contribution in [0.25, 0.3) is 6.08 Å². The topological polar surface area (TPSA) is 86.3 Å². The molecular weight excluding hydrogens is 400 g/mol. The molecule has 2 aromatic rings. The van der Waals surface area contributed by atoms with Gasteiger partial charge in [-0.25, -0.2) is 5.43 Å². The van der Waals surface area contributed by atoms with Crippen molar-refractivity contribution >= 4 is 17.7 Å². The lowest BCUT2D eigenvalue weighted by Gasteiger charge is -2.25. The van der Waals surface area contributed by atoms with Gasteiger partial charge in [0.25, 0.3) is 5.91 Å². The van der Waals surface area contributed by atoms with Crippen molar-refractivity contribution in [3.05, 3.63) is 52.1 Å². The molecule has 0 radical (unpaired) electrons. The normalized spacial score (nSPS) is 24.9. The molecule has 2 unspecified atom stereocenters. The molecule has 2 aliphatic heterocycles. The molecule has 0 spiro atoms. The van der Waals surface area contributed by atoms with Crippen molar-refractivity contribution in [1.29, 1.82) is 0 Å². The van der Waals surface area contributed by atoms with E-state index in [2.05, 4.69) is 51.4 Å². The Balaban J connectivity index is 1.40. The number of hydrogen-bond acceptors (Lipinski definition) is 5. The Kier molecular flexibility index (Phi) is 5.67. The number of aromatic amines is 1. The van der Waals surface area contributed by atoms with E-state index in [9.17, 15) is 4.79 Å². The quantitative estimate of drug-likeness (QED) is 0.653. The van der Waals surface area contributed by atoms with Crippen LogP contribution in [0.15, 0.2) is 29.0 Å². The molecule has 2 fully saturated rings. The Morgan fingerprint density at radius 1 is 1.19 bits per heavy atom. The smallest absolute Gasteiger partial charge is 0.273 e. The molecule has 0 aromatic carbocycles. The number of rotatable bonds is 7. The highest BCUT2D eigenvalue weighted by Gasteiger charge is 2.33. The van der Waals surface area contributed by atoms with E-state index in [0.717, 1.165) is 25.1 Å². The fraction of sp³-hybridized carbons (Fsp3) is 0.520. The summed E-state index contributed by atoms with van der Waals surface area (Å²) in [7, 11) is 0. The number of aryl methyl sites for hydroxylation is 1. The van der Waals surface area contributed by atoms with Gasteiger partial charge in [-0.15, -0.1) is 5.10 Å². The zero-order valence-corrected chi connectivity index (χ0v) is 19.2. The summed E-state index contributed by atoms with van der Waals surface area (Å²) in [6.07, 6.45) is 10.9. The number of amides is 1. The molecule has 7 nitrogen and oxygen atoms in total. The maximum Gasteiger partial charge on any atom is 0.273 e. The van der Waals surface area contributed by atoms with Crippen molar-refractivity contribution in [2.75, 3.05) is 6.54 Å². The van der Waals surface area contributed by atoms with Gasteiger partial charge in [-0.1, -0.05) is 0 Å². The first kappa shape index (κ1) is 21.1. The second kappa shape index (κ2) is 8.62. The zero-order valence-electron chi connectivity index (χ0n) is 19.2. The summed E-state index contributed by atoms with van der Waals surface area (Å²) in [5.74, 6) is 0.394. The minimum absolute atomic E-state index is 0.196. The third-order valence-corrected chi connectivity index (χ3v) is 7.23. The van der Waals surface area contributed by atoms with Crippen LogP contribution in [0.2, 0.25) is 0 Å². The molecule has 1 aliphatic carbocycles. The molecular formula is C25H32N6O. The van der Waals surface area contributed by atoms with E-state index in [0.29, 0.717) is 35.0 Å².